The number of hydrogen-bond donors (Lipinski definition) is 1. The Hall–Kier alpha value is -1.82. The molecule has 0 unspecified atom stereocenters. The molecule has 1 amide bonds. The van der Waals surface area contributed by atoms with E-state index in [0.29, 0.717) is 22.0 Å². The highest BCUT2D eigenvalue weighted by atomic mass is 32.2. The number of nitrogens with one attached hydrogen (secondary N) is 1. The van der Waals surface area contributed by atoms with Gasteiger partial charge in [-0.05, 0) is 50.7 Å². The fraction of sp³-hybridized carbons (Fsp3) is 0.609. The standard InChI is InChI=1S/C23H31N3O2S/c1-15-9-3-7-13-19(15)24-21(27)16(2)29-23-25-20-14-8-6-12-18(20)22(28)26(23)17-10-4-5-11-17/h6,8,12,14-17,19H,3-5,7,9-11,13H2,1-2H3,(H,24,27)/t15-,16+,19+/m0/s1. The molecule has 1 aromatic carbocycles. The average Bonchev–Trinajstić information content (AvgIpc) is 3.24. The molecule has 2 aliphatic carbocycles. The second-order valence-electron chi connectivity index (χ2n) is 8.66. The van der Waals surface area contributed by atoms with Crippen molar-refractivity contribution in [3.63, 3.8) is 0 Å². The van der Waals surface area contributed by atoms with E-state index in [4.69, 9.17) is 4.98 Å². The van der Waals surface area contributed by atoms with Crippen LogP contribution in [0.3, 0.4) is 0 Å². The molecule has 5 nitrogen and oxygen atoms in total. The van der Waals surface area contributed by atoms with E-state index in [1.165, 1.54) is 31.0 Å². The van der Waals surface area contributed by atoms with Crippen LogP contribution in [0.15, 0.2) is 34.2 Å². The van der Waals surface area contributed by atoms with E-state index >= 15 is 0 Å². The molecule has 2 aromatic rings. The molecule has 0 spiro atoms. The normalized spacial score (nSPS) is 23.9. The summed E-state index contributed by atoms with van der Waals surface area (Å²) in [5, 5.41) is 4.31. The highest BCUT2D eigenvalue weighted by Gasteiger charge is 2.28. The number of rotatable bonds is 5. The zero-order valence-corrected chi connectivity index (χ0v) is 18.2. The Morgan fingerprint density at radius 1 is 1.14 bits per heavy atom. The molecule has 3 atom stereocenters. The van der Waals surface area contributed by atoms with E-state index < -0.39 is 0 Å². The maximum atomic E-state index is 13.3. The Morgan fingerprint density at radius 3 is 2.59 bits per heavy atom. The van der Waals surface area contributed by atoms with Gasteiger partial charge in [0.15, 0.2) is 5.16 Å². The van der Waals surface area contributed by atoms with Gasteiger partial charge in [0.1, 0.15) is 0 Å². The Labute approximate surface area is 176 Å². The number of para-hydroxylation sites is 1. The minimum atomic E-state index is -0.287. The molecule has 4 rings (SSSR count). The number of fused-ring (bicyclic) bond motifs is 1. The highest BCUT2D eigenvalue weighted by Crippen LogP contribution is 2.33. The third kappa shape index (κ3) is 4.37. The van der Waals surface area contributed by atoms with E-state index in [2.05, 4.69) is 12.2 Å². The molecule has 2 saturated carbocycles. The molecule has 156 valence electrons. The van der Waals surface area contributed by atoms with E-state index in [0.717, 1.165) is 32.1 Å². The van der Waals surface area contributed by atoms with Crippen molar-refractivity contribution in [2.75, 3.05) is 0 Å². The summed E-state index contributed by atoms with van der Waals surface area (Å²) < 4.78 is 1.87. The van der Waals surface area contributed by atoms with Gasteiger partial charge in [0.2, 0.25) is 5.91 Å². The Balaban J connectivity index is 1.59. The van der Waals surface area contributed by atoms with Crippen LogP contribution in [0.4, 0.5) is 0 Å². The summed E-state index contributed by atoms with van der Waals surface area (Å²) in [4.78, 5) is 31.0. The average molecular weight is 414 g/mol. The van der Waals surface area contributed by atoms with Crippen molar-refractivity contribution in [2.24, 2.45) is 5.92 Å². The molecule has 0 aliphatic heterocycles. The number of hydrogen-bond acceptors (Lipinski definition) is 4. The lowest BCUT2D eigenvalue weighted by Crippen LogP contribution is -2.44. The highest BCUT2D eigenvalue weighted by molar-refractivity contribution is 8.00. The summed E-state index contributed by atoms with van der Waals surface area (Å²) in [6.45, 7) is 4.15. The first-order valence-corrected chi connectivity index (χ1v) is 11.9. The van der Waals surface area contributed by atoms with Gasteiger partial charge in [-0.25, -0.2) is 4.98 Å². The lowest BCUT2D eigenvalue weighted by atomic mass is 9.86. The third-order valence-corrected chi connectivity index (χ3v) is 7.62. The molecule has 2 fully saturated rings. The number of carbonyl (C=O) groups excluding carboxylic acids is 1. The molecule has 29 heavy (non-hydrogen) atoms. The lowest BCUT2D eigenvalue weighted by Gasteiger charge is -2.30. The molecule has 2 aliphatic rings. The number of amides is 1. The first-order valence-electron chi connectivity index (χ1n) is 11.0. The quantitative estimate of drug-likeness (QED) is 0.571. The molecule has 6 heteroatoms. The predicted molar refractivity (Wildman–Crippen MR) is 118 cm³/mol. The Bertz CT molecular complexity index is 935. The van der Waals surface area contributed by atoms with Gasteiger partial charge in [-0.3, -0.25) is 14.2 Å². The molecular weight excluding hydrogens is 382 g/mol. The van der Waals surface area contributed by atoms with Crippen LogP contribution in [0, 0.1) is 5.92 Å². The SMILES string of the molecule is C[C@@H](Sc1nc2ccccc2c(=O)n1C1CCCC1)C(=O)N[C@@H]1CCCC[C@@H]1C. The fourth-order valence-corrected chi connectivity index (χ4v) is 5.72. The molecule has 1 aromatic heterocycles. The number of thioether (sulfide) groups is 1. The van der Waals surface area contributed by atoms with Crippen molar-refractivity contribution >= 4 is 28.6 Å². The summed E-state index contributed by atoms with van der Waals surface area (Å²) in [6.07, 6.45) is 8.98. The summed E-state index contributed by atoms with van der Waals surface area (Å²) in [5.74, 6) is 0.578. The van der Waals surface area contributed by atoms with E-state index in [9.17, 15) is 9.59 Å². The summed E-state index contributed by atoms with van der Waals surface area (Å²) in [5.41, 5.74) is 0.737. The lowest BCUT2D eigenvalue weighted by molar-refractivity contribution is -0.121. The minimum Gasteiger partial charge on any atom is -0.352 e. The maximum absolute atomic E-state index is 13.3. The van der Waals surface area contributed by atoms with Crippen LogP contribution in [0.1, 0.15) is 71.3 Å². The van der Waals surface area contributed by atoms with Crippen molar-refractivity contribution in [2.45, 2.75) is 87.7 Å². The van der Waals surface area contributed by atoms with Crippen molar-refractivity contribution < 1.29 is 4.79 Å². The Morgan fingerprint density at radius 2 is 1.83 bits per heavy atom. The first-order chi connectivity index (χ1) is 14.0. The van der Waals surface area contributed by atoms with Gasteiger partial charge in [0.25, 0.3) is 5.56 Å². The van der Waals surface area contributed by atoms with Crippen LogP contribution in [0.2, 0.25) is 0 Å². The molecular formula is C23H31N3O2S. The molecule has 0 saturated heterocycles. The van der Waals surface area contributed by atoms with E-state index in [1.807, 2.05) is 35.8 Å². The van der Waals surface area contributed by atoms with Crippen molar-refractivity contribution in [3.8, 4) is 0 Å². The summed E-state index contributed by atoms with van der Waals surface area (Å²) in [7, 11) is 0. The topological polar surface area (TPSA) is 64.0 Å². The van der Waals surface area contributed by atoms with Gasteiger partial charge in [-0.2, -0.15) is 0 Å². The molecule has 1 N–H and O–H groups in total. The van der Waals surface area contributed by atoms with Crippen molar-refractivity contribution in [1.29, 1.82) is 0 Å². The first kappa shape index (κ1) is 20.5. The largest absolute Gasteiger partial charge is 0.352 e. The van der Waals surface area contributed by atoms with Gasteiger partial charge in [-0.15, -0.1) is 0 Å². The minimum absolute atomic E-state index is 0.0264. The smallest absolute Gasteiger partial charge is 0.262 e. The summed E-state index contributed by atoms with van der Waals surface area (Å²) >= 11 is 1.42. The van der Waals surface area contributed by atoms with Gasteiger partial charge >= 0.3 is 0 Å². The van der Waals surface area contributed by atoms with Crippen LogP contribution < -0.4 is 10.9 Å². The van der Waals surface area contributed by atoms with Crippen LogP contribution in [0.25, 0.3) is 10.9 Å². The Kier molecular flexibility index (Phi) is 6.28. The molecule has 1 heterocycles. The zero-order valence-electron chi connectivity index (χ0n) is 17.4. The number of aromatic nitrogens is 2. The van der Waals surface area contributed by atoms with Gasteiger partial charge in [-0.1, -0.05) is 56.5 Å². The predicted octanol–water partition coefficient (Wildman–Crippen LogP) is 4.69. The summed E-state index contributed by atoms with van der Waals surface area (Å²) in [6, 6.07) is 7.98. The fourth-order valence-electron chi connectivity index (χ4n) is 4.74. The molecule has 0 bridgehead atoms. The molecule has 0 radical (unpaired) electrons. The zero-order chi connectivity index (χ0) is 20.4. The second kappa shape index (κ2) is 8.90. The number of nitrogens with zero attached hydrogens (tertiary/aromatic N) is 2. The number of carbonyl (C=O) groups is 1. The van der Waals surface area contributed by atoms with Crippen LogP contribution in [0.5, 0.6) is 0 Å². The van der Waals surface area contributed by atoms with Crippen LogP contribution >= 0.6 is 11.8 Å². The maximum Gasteiger partial charge on any atom is 0.262 e. The second-order valence-corrected chi connectivity index (χ2v) is 9.97. The third-order valence-electron chi connectivity index (χ3n) is 6.56. The monoisotopic (exact) mass is 413 g/mol. The van der Waals surface area contributed by atoms with Gasteiger partial charge < -0.3 is 5.32 Å². The van der Waals surface area contributed by atoms with Crippen molar-refractivity contribution in [1.82, 2.24) is 14.9 Å². The number of benzene rings is 1. The van der Waals surface area contributed by atoms with Gasteiger partial charge in [0, 0.05) is 12.1 Å². The van der Waals surface area contributed by atoms with Crippen LogP contribution in [-0.2, 0) is 4.79 Å². The van der Waals surface area contributed by atoms with Gasteiger partial charge in [0.05, 0.1) is 16.2 Å². The van der Waals surface area contributed by atoms with E-state index in [1.54, 1.807) is 0 Å². The van der Waals surface area contributed by atoms with E-state index in [-0.39, 0.29) is 28.8 Å². The van der Waals surface area contributed by atoms with Crippen LogP contribution in [-0.4, -0.2) is 26.8 Å². The van der Waals surface area contributed by atoms with Crippen molar-refractivity contribution in [3.05, 3.63) is 34.6 Å².